The first-order chi connectivity index (χ1) is 9.15. The molecule has 1 aliphatic heterocycles. The van der Waals surface area contributed by atoms with Crippen molar-refractivity contribution < 1.29 is 4.79 Å². The van der Waals surface area contributed by atoms with Gasteiger partial charge in [-0.25, -0.2) is 0 Å². The first-order valence-electron chi connectivity index (χ1n) is 8.23. The van der Waals surface area contributed by atoms with Crippen molar-refractivity contribution in [2.45, 2.75) is 90.4 Å². The van der Waals surface area contributed by atoms with Crippen molar-refractivity contribution in [3.63, 3.8) is 0 Å². The smallest absolute Gasteiger partial charge is 0.241 e. The van der Waals surface area contributed by atoms with Crippen LogP contribution in [0.1, 0.15) is 72.1 Å². The molecule has 1 saturated carbocycles. The molecule has 3 heteroatoms. The Kier molecular flexibility index (Phi) is 5.26. The number of nitrogens with one attached hydrogen (secondary N) is 1. The second-order valence-corrected chi connectivity index (χ2v) is 6.59. The quantitative estimate of drug-likeness (QED) is 0.792. The average Bonchev–Trinajstić information content (AvgIpc) is 2.57. The second-order valence-electron chi connectivity index (χ2n) is 6.59. The largest absolute Gasteiger partial charge is 0.323 e. The maximum atomic E-state index is 12.7. The molecule has 19 heavy (non-hydrogen) atoms. The Labute approximate surface area is 118 Å². The van der Waals surface area contributed by atoms with E-state index >= 15 is 0 Å². The van der Waals surface area contributed by atoms with E-state index in [1.54, 1.807) is 0 Å². The number of carbonyl (C=O) groups excluding carboxylic acids is 1. The van der Waals surface area contributed by atoms with Gasteiger partial charge in [0, 0.05) is 6.04 Å². The molecule has 2 atom stereocenters. The van der Waals surface area contributed by atoms with E-state index in [-0.39, 0.29) is 12.2 Å². The molecule has 2 rings (SSSR count). The van der Waals surface area contributed by atoms with Crippen LogP contribution in [0.4, 0.5) is 0 Å². The lowest BCUT2D eigenvalue weighted by atomic mass is 10.0. The van der Waals surface area contributed by atoms with Gasteiger partial charge in [-0.2, -0.15) is 0 Å². The zero-order chi connectivity index (χ0) is 13.8. The monoisotopic (exact) mass is 266 g/mol. The Hall–Kier alpha value is -0.570. The van der Waals surface area contributed by atoms with E-state index in [4.69, 9.17) is 0 Å². The second kappa shape index (κ2) is 6.74. The van der Waals surface area contributed by atoms with E-state index in [0.29, 0.717) is 17.9 Å². The fraction of sp³-hybridized carbons (Fsp3) is 0.938. The molecular weight excluding hydrogens is 236 g/mol. The van der Waals surface area contributed by atoms with Crippen molar-refractivity contribution in [2.24, 2.45) is 5.92 Å². The van der Waals surface area contributed by atoms with Gasteiger partial charge in [-0.3, -0.25) is 10.1 Å². The van der Waals surface area contributed by atoms with Crippen LogP contribution in [0.25, 0.3) is 0 Å². The van der Waals surface area contributed by atoms with Crippen LogP contribution in [0, 0.1) is 5.92 Å². The first-order valence-corrected chi connectivity index (χ1v) is 8.23. The topological polar surface area (TPSA) is 32.3 Å². The molecule has 0 radical (unpaired) electrons. The summed E-state index contributed by atoms with van der Waals surface area (Å²) in [5, 5.41) is 3.59. The number of carbonyl (C=O) groups is 1. The molecule has 0 aromatic carbocycles. The summed E-state index contributed by atoms with van der Waals surface area (Å²) in [7, 11) is 0. The highest BCUT2D eigenvalue weighted by molar-refractivity contribution is 5.84. The van der Waals surface area contributed by atoms with Crippen LogP contribution in [-0.4, -0.2) is 29.1 Å². The Bertz CT molecular complexity index is 295. The summed E-state index contributed by atoms with van der Waals surface area (Å²) in [6, 6.07) is 0.553. The van der Waals surface area contributed by atoms with Gasteiger partial charge in [-0.15, -0.1) is 0 Å². The normalized spacial score (nSPS) is 30.1. The summed E-state index contributed by atoms with van der Waals surface area (Å²) in [4.78, 5) is 14.9. The number of nitrogens with zero attached hydrogens (tertiary/aromatic N) is 1. The van der Waals surface area contributed by atoms with Crippen LogP contribution in [0.5, 0.6) is 0 Å². The molecule has 0 spiro atoms. The third-order valence-corrected chi connectivity index (χ3v) is 4.65. The zero-order valence-corrected chi connectivity index (χ0v) is 12.8. The maximum absolute atomic E-state index is 12.7. The Morgan fingerprint density at radius 1 is 1.21 bits per heavy atom. The molecule has 1 N–H and O–H groups in total. The van der Waals surface area contributed by atoms with Gasteiger partial charge in [0.25, 0.3) is 0 Å². The van der Waals surface area contributed by atoms with Crippen molar-refractivity contribution in [1.29, 1.82) is 0 Å². The van der Waals surface area contributed by atoms with Crippen LogP contribution in [-0.2, 0) is 4.79 Å². The van der Waals surface area contributed by atoms with Gasteiger partial charge in [-0.05, 0) is 25.2 Å². The van der Waals surface area contributed by atoms with Crippen LogP contribution < -0.4 is 5.32 Å². The predicted octanol–water partition coefficient (Wildman–Crippen LogP) is 3.29. The predicted molar refractivity (Wildman–Crippen MR) is 78.8 cm³/mol. The maximum Gasteiger partial charge on any atom is 0.241 e. The lowest BCUT2D eigenvalue weighted by Crippen LogP contribution is -2.47. The highest BCUT2D eigenvalue weighted by Crippen LogP contribution is 2.29. The third-order valence-electron chi connectivity index (χ3n) is 4.65. The zero-order valence-electron chi connectivity index (χ0n) is 12.8. The molecule has 2 aliphatic rings. The molecule has 0 bridgehead atoms. The van der Waals surface area contributed by atoms with Crippen molar-refractivity contribution >= 4 is 5.91 Å². The van der Waals surface area contributed by atoms with E-state index in [9.17, 15) is 4.79 Å². The van der Waals surface area contributed by atoms with Gasteiger partial charge < -0.3 is 4.90 Å². The van der Waals surface area contributed by atoms with E-state index < -0.39 is 0 Å². The standard InChI is InChI=1S/C16H30N2O/c1-4-9-14-16(19)18(15(17-14)12(2)3)13-10-7-5-6-8-11-13/h12-15,17H,4-11H2,1-3H3. The SMILES string of the molecule is CCCC1NC(C(C)C)N(C2CCCCCC2)C1=O. The van der Waals surface area contributed by atoms with Crippen LogP contribution in [0.15, 0.2) is 0 Å². The number of rotatable bonds is 4. The van der Waals surface area contributed by atoms with Crippen LogP contribution >= 0.6 is 0 Å². The number of hydrogen-bond donors (Lipinski definition) is 1. The van der Waals surface area contributed by atoms with E-state index in [1.807, 2.05) is 0 Å². The van der Waals surface area contributed by atoms with Gasteiger partial charge in [0.2, 0.25) is 5.91 Å². The average molecular weight is 266 g/mol. The van der Waals surface area contributed by atoms with Crippen LogP contribution in [0.3, 0.4) is 0 Å². The molecule has 1 aliphatic carbocycles. The molecule has 3 nitrogen and oxygen atoms in total. The highest BCUT2D eigenvalue weighted by atomic mass is 16.2. The van der Waals surface area contributed by atoms with E-state index in [2.05, 4.69) is 31.0 Å². The number of hydrogen-bond acceptors (Lipinski definition) is 2. The summed E-state index contributed by atoms with van der Waals surface area (Å²) in [6.45, 7) is 6.61. The summed E-state index contributed by atoms with van der Waals surface area (Å²) < 4.78 is 0. The molecule has 1 heterocycles. The lowest BCUT2D eigenvalue weighted by molar-refractivity contribution is -0.133. The summed E-state index contributed by atoms with van der Waals surface area (Å²) in [5.74, 6) is 0.863. The van der Waals surface area contributed by atoms with E-state index in [0.717, 1.165) is 12.8 Å². The van der Waals surface area contributed by atoms with Crippen LogP contribution in [0.2, 0.25) is 0 Å². The van der Waals surface area contributed by atoms with E-state index in [1.165, 1.54) is 38.5 Å². The van der Waals surface area contributed by atoms with Gasteiger partial charge in [-0.1, -0.05) is 52.9 Å². The van der Waals surface area contributed by atoms with Gasteiger partial charge in [0.1, 0.15) is 0 Å². The minimum Gasteiger partial charge on any atom is -0.323 e. The Morgan fingerprint density at radius 3 is 2.37 bits per heavy atom. The first kappa shape index (κ1) is 14.8. The minimum absolute atomic E-state index is 0.0700. The summed E-state index contributed by atoms with van der Waals surface area (Å²) >= 11 is 0. The Morgan fingerprint density at radius 2 is 1.84 bits per heavy atom. The molecule has 1 amide bonds. The van der Waals surface area contributed by atoms with Gasteiger partial charge in [0.15, 0.2) is 0 Å². The number of amides is 1. The molecule has 0 aromatic rings. The van der Waals surface area contributed by atoms with Gasteiger partial charge >= 0.3 is 0 Å². The molecule has 1 saturated heterocycles. The van der Waals surface area contributed by atoms with Crippen molar-refractivity contribution in [2.75, 3.05) is 0 Å². The molecule has 110 valence electrons. The molecule has 2 fully saturated rings. The van der Waals surface area contributed by atoms with Crippen molar-refractivity contribution in [3.8, 4) is 0 Å². The molecule has 2 unspecified atom stereocenters. The summed E-state index contributed by atoms with van der Waals surface area (Å²) in [5.41, 5.74) is 0. The Balaban J connectivity index is 2.11. The molecular formula is C16H30N2O. The lowest BCUT2D eigenvalue weighted by Gasteiger charge is -2.34. The highest BCUT2D eigenvalue weighted by Gasteiger charge is 2.42. The fourth-order valence-corrected chi connectivity index (χ4v) is 3.63. The summed E-state index contributed by atoms with van der Waals surface area (Å²) in [6.07, 6.45) is 9.98. The van der Waals surface area contributed by atoms with Gasteiger partial charge in [0.05, 0.1) is 12.2 Å². The minimum atomic E-state index is 0.0700. The van der Waals surface area contributed by atoms with Crippen molar-refractivity contribution in [1.82, 2.24) is 10.2 Å². The third kappa shape index (κ3) is 3.31. The molecule has 0 aromatic heterocycles. The fourth-order valence-electron chi connectivity index (χ4n) is 3.63. The van der Waals surface area contributed by atoms with Crippen molar-refractivity contribution in [3.05, 3.63) is 0 Å².